The SMILES string of the molecule is Cc1cc(C)nc(-c2cccc(C[C@@H]3NCC(F)(F)[C@@H]3NS(C)(=O)=O)c2F)c1. The summed E-state index contributed by atoms with van der Waals surface area (Å²) in [6, 6.07) is 5.77. The third kappa shape index (κ3) is 4.53. The third-order valence-corrected chi connectivity index (χ3v) is 5.37. The van der Waals surface area contributed by atoms with Gasteiger partial charge in [-0.15, -0.1) is 0 Å². The second-order valence-corrected chi connectivity index (χ2v) is 9.05. The molecule has 1 saturated heterocycles. The molecule has 0 radical (unpaired) electrons. The lowest BCUT2D eigenvalue weighted by Crippen LogP contribution is -2.51. The smallest absolute Gasteiger partial charge is 0.277 e. The summed E-state index contributed by atoms with van der Waals surface area (Å²) >= 11 is 0. The highest BCUT2D eigenvalue weighted by atomic mass is 32.2. The van der Waals surface area contributed by atoms with Gasteiger partial charge in [-0.25, -0.2) is 26.3 Å². The molecular formula is C19H22F3N3O2S. The molecule has 0 spiro atoms. The number of hydrogen-bond donors (Lipinski definition) is 2. The molecule has 1 aromatic heterocycles. The topological polar surface area (TPSA) is 71.1 Å². The number of nitrogens with zero attached hydrogens (tertiary/aromatic N) is 1. The first-order valence-electron chi connectivity index (χ1n) is 8.78. The van der Waals surface area contributed by atoms with Gasteiger partial charge < -0.3 is 5.32 Å². The highest BCUT2D eigenvalue weighted by Gasteiger charge is 2.51. The van der Waals surface area contributed by atoms with Crippen LogP contribution in [-0.4, -0.2) is 44.2 Å². The van der Waals surface area contributed by atoms with Crippen LogP contribution in [0.4, 0.5) is 13.2 Å². The number of hydrogen-bond acceptors (Lipinski definition) is 4. The van der Waals surface area contributed by atoms with Crippen molar-refractivity contribution in [3.63, 3.8) is 0 Å². The van der Waals surface area contributed by atoms with Gasteiger partial charge in [0.15, 0.2) is 0 Å². The molecule has 2 heterocycles. The summed E-state index contributed by atoms with van der Waals surface area (Å²) in [4.78, 5) is 4.36. The molecule has 2 atom stereocenters. The number of pyridine rings is 1. The first kappa shape index (κ1) is 20.8. The summed E-state index contributed by atoms with van der Waals surface area (Å²) in [5.41, 5.74) is 2.64. The molecule has 0 unspecified atom stereocenters. The Balaban J connectivity index is 1.92. The lowest BCUT2D eigenvalue weighted by atomic mass is 9.96. The minimum Gasteiger partial charge on any atom is -0.306 e. The molecule has 0 aliphatic carbocycles. The molecule has 9 heteroatoms. The Kier molecular flexibility index (Phi) is 5.53. The van der Waals surface area contributed by atoms with Crippen molar-refractivity contribution in [3.05, 3.63) is 53.0 Å². The average molecular weight is 413 g/mol. The van der Waals surface area contributed by atoms with Gasteiger partial charge in [0, 0.05) is 17.3 Å². The number of rotatable bonds is 5. The van der Waals surface area contributed by atoms with E-state index in [2.05, 4.69) is 10.3 Å². The molecule has 0 amide bonds. The lowest BCUT2D eigenvalue weighted by molar-refractivity contribution is -0.000840. The predicted octanol–water partition coefficient (Wildman–Crippen LogP) is 2.57. The van der Waals surface area contributed by atoms with E-state index in [0.29, 0.717) is 5.69 Å². The van der Waals surface area contributed by atoms with Crippen LogP contribution < -0.4 is 10.0 Å². The van der Waals surface area contributed by atoms with Crippen LogP contribution >= 0.6 is 0 Å². The Morgan fingerprint density at radius 2 is 2.00 bits per heavy atom. The lowest BCUT2D eigenvalue weighted by Gasteiger charge is -2.24. The summed E-state index contributed by atoms with van der Waals surface area (Å²) < 4.78 is 68.4. The summed E-state index contributed by atoms with van der Waals surface area (Å²) in [5.74, 6) is -3.81. The molecule has 1 aliphatic rings. The van der Waals surface area contributed by atoms with E-state index in [1.165, 1.54) is 6.07 Å². The van der Waals surface area contributed by atoms with E-state index in [1.807, 2.05) is 24.6 Å². The van der Waals surface area contributed by atoms with Crippen LogP contribution in [0.1, 0.15) is 16.8 Å². The Morgan fingerprint density at radius 3 is 2.64 bits per heavy atom. The molecule has 5 nitrogen and oxygen atoms in total. The zero-order valence-corrected chi connectivity index (χ0v) is 16.6. The van der Waals surface area contributed by atoms with Gasteiger partial charge in [-0.1, -0.05) is 12.1 Å². The van der Waals surface area contributed by atoms with Crippen molar-refractivity contribution >= 4 is 10.0 Å². The molecule has 28 heavy (non-hydrogen) atoms. The van der Waals surface area contributed by atoms with Gasteiger partial charge in [-0.05, 0) is 49.6 Å². The average Bonchev–Trinajstić information content (AvgIpc) is 2.82. The van der Waals surface area contributed by atoms with E-state index in [0.717, 1.165) is 17.5 Å². The maximum absolute atomic E-state index is 15.1. The largest absolute Gasteiger partial charge is 0.306 e. The van der Waals surface area contributed by atoms with Gasteiger partial charge in [-0.2, -0.15) is 0 Å². The first-order valence-corrected chi connectivity index (χ1v) is 10.7. The minimum absolute atomic E-state index is 0.0900. The van der Waals surface area contributed by atoms with E-state index in [-0.39, 0.29) is 17.5 Å². The zero-order chi connectivity index (χ0) is 20.7. The summed E-state index contributed by atoms with van der Waals surface area (Å²) in [5, 5.41) is 2.61. The van der Waals surface area contributed by atoms with Crippen LogP contribution in [0.15, 0.2) is 30.3 Å². The van der Waals surface area contributed by atoms with E-state index in [4.69, 9.17) is 0 Å². The van der Waals surface area contributed by atoms with Crippen LogP contribution in [0, 0.1) is 19.7 Å². The van der Waals surface area contributed by atoms with E-state index < -0.39 is 40.4 Å². The first-order chi connectivity index (χ1) is 13.0. The van der Waals surface area contributed by atoms with Gasteiger partial charge in [-0.3, -0.25) is 4.98 Å². The number of halogens is 3. The Morgan fingerprint density at radius 1 is 1.29 bits per heavy atom. The molecule has 1 aromatic carbocycles. The summed E-state index contributed by atoms with van der Waals surface area (Å²) in [6.07, 6.45) is 0.735. The summed E-state index contributed by atoms with van der Waals surface area (Å²) in [6.45, 7) is 3.01. The molecule has 2 N–H and O–H groups in total. The van der Waals surface area contributed by atoms with Crippen LogP contribution in [0.3, 0.4) is 0 Å². The Bertz CT molecular complexity index is 976. The summed E-state index contributed by atoms with van der Waals surface area (Å²) in [7, 11) is -3.85. The number of nitrogens with one attached hydrogen (secondary N) is 2. The zero-order valence-electron chi connectivity index (χ0n) is 15.8. The van der Waals surface area contributed by atoms with Crippen LogP contribution in [0.5, 0.6) is 0 Å². The second kappa shape index (κ2) is 7.46. The fourth-order valence-corrected chi connectivity index (χ4v) is 4.33. The highest BCUT2D eigenvalue weighted by Crippen LogP contribution is 2.31. The fraction of sp³-hybridized carbons (Fsp3) is 0.421. The van der Waals surface area contributed by atoms with Gasteiger partial charge in [0.05, 0.1) is 18.5 Å². The van der Waals surface area contributed by atoms with Gasteiger partial charge in [0.2, 0.25) is 10.0 Å². The molecule has 0 saturated carbocycles. The Hall–Kier alpha value is -1.97. The van der Waals surface area contributed by atoms with Crippen LogP contribution in [-0.2, 0) is 16.4 Å². The highest BCUT2D eigenvalue weighted by molar-refractivity contribution is 7.88. The maximum atomic E-state index is 15.1. The quantitative estimate of drug-likeness (QED) is 0.791. The monoisotopic (exact) mass is 413 g/mol. The second-order valence-electron chi connectivity index (χ2n) is 7.27. The van der Waals surface area contributed by atoms with Crippen LogP contribution in [0.2, 0.25) is 0 Å². The van der Waals surface area contributed by atoms with Gasteiger partial charge >= 0.3 is 0 Å². The number of aromatic nitrogens is 1. The minimum atomic E-state index is -3.85. The van der Waals surface area contributed by atoms with E-state index >= 15 is 4.39 Å². The molecule has 152 valence electrons. The van der Waals surface area contributed by atoms with E-state index in [1.54, 1.807) is 18.2 Å². The van der Waals surface area contributed by atoms with Gasteiger partial charge in [0.25, 0.3) is 5.92 Å². The van der Waals surface area contributed by atoms with Crippen molar-refractivity contribution < 1.29 is 21.6 Å². The Labute approximate surface area is 162 Å². The number of sulfonamides is 1. The number of aryl methyl sites for hydroxylation is 2. The molecule has 0 bridgehead atoms. The molecule has 3 rings (SSSR count). The molecular weight excluding hydrogens is 391 g/mol. The molecule has 2 aromatic rings. The number of benzene rings is 1. The number of alkyl halides is 2. The van der Waals surface area contributed by atoms with Crippen LogP contribution in [0.25, 0.3) is 11.3 Å². The van der Waals surface area contributed by atoms with Crippen molar-refractivity contribution in [2.24, 2.45) is 0 Å². The van der Waals surface area contributed by atoms with Crippen molar-refractivity contribution in [2.45, 2.75) is 38.3 Å². The normalized spacial score (nSPS) is 21.8. The van der Waals surface area contributed by atoms with Crippen molar-refractivity contribution in [1.82, 2.24) is 15.0 Å². The van der Waals surface area contributed by atoms with Crippen molar-refractivity contribution in [3.8, 4) is 11.3 Å². The van der Waals surface area contributed by atoms with Gasteiger partial charge in [0.1, 0.15) is 11.9 Å². The molecule has 1 fully saturated rings. The molecule has 1 aliphatic heterocycles. The third-order valence-electron chi connectivity index (χ3n) is 4.69. The maximum Gasteiger partial charge on any atom is 0.277 e. The predicted molar refractivity (Wildman–Crippen MR) is 101 cm³/mol. The standard InChI is InChI=1S/C19H22F3N3O2S/c1-11-7-12(2)24-15(8-11)14-6-4-5-13(17(14)20)9-16-18(25-28(3,26)27)19(21,22)10-23-16/h4-8,16,18,23,25H,9-10H2,1-3H3/t16-,18+/m0/s1. The van der Waals surface area contributed by atoms with Crippen molar-refractivity contribution in [1.29, 1.82) is 0 Å². The fourth-order valence-electron chi connectivity index (χ4n) is 3.53. The van der Waals surface area contributed by atoms with E-state index in [9.17, 15) is 17.2 Å². The van der Waals surface area contributed by atoms with Crippen molar-refractivity contribution in [2.75, 3.05) is 12.8 Å².